The summed E-state index contributed by atoms with van der Waals surface area (Å²) in [5.41, 5.74) is 3.70. The zero-order valence-electron chi connectivity index (χ0n) is 20.2. The number of halogens is 2. The van der Waals surface area contributed by atoms with Gasteiger partial charge in [-0.3, -0.25) is 4.90 Å². The van der Waals surface area contributed by atoms with Crippen LogP contribution in [0.4, 0.5) is 0 Å². The van der Waals surface area contributed by atoms with E-state index in [0.717, 1.165) is 47.8 Å². The quantitative estimate of drug-likeness (QED) is 0.440. The molecular formula is C29H36Cl2N2. The molecule has 1 aromatic rings. The van der Waals surface area contributed by atoms with E-state index in [4.69, 9.17) is 29.6 Å². The van der Waals surface area contributed by atoms with Crippen molar-refractivity contribution in [3.05, 3.63) is 69.3 Å². The second kappa shape index (κ2) is 10.0. The van der Waals surface area contributed by atoms with Gasteiger partial charge in [-0.05, 0) is 74.4 Å². The molecule has 1 saturated heterocycles. The summed E-state index contributed by atoms with van der Waals surface area (Å²) in [4.78, 5) is 2.82. The van der Waals surface area contributed by atoms with E-state index < -0.39 is 0 Å². The Kier molecular flexibility index (Phi) is 7.47. The lowest BCUT2D eigenvalue weighted by Gasteiger charge is -2.50. The number of fused-ring (bicyclic) bond motifs is 3. The first-order valence-corrected chi connectivity index (χ1v) is 13.1. The number of hydrogen-bond acceptors (Lipinski definition) is 2. The van der Waals surface area contributed by atoms with Crippen molar-refractivity contribution in [2.45, 2.75) is 83.0 Å². The number of likely N-dealkylation sites (tertiary alicyclic amines) is 1. The molecule has 5 atom stereocenters. The molecule has 3 heterocycles. The van der Waals surface area contributed by atoms with Crippen molar-refractivity contribution >= 4 is 23.2 Å². The Morgan fingerprint density at radius 3 is 2.79 bits per heavy atom. The van der Waals surface area contributed by atoms with Crippen LogP contribution in [0.2, 0.25) is 5.02 Å². The van der Waals surface area contributed by atoms with Gasteiger partial charge in [0.2, 0.25) is 0 Å². The van der Waals surface area contributed by atoms with Crippen LogP contribution in [0, 0.1) is 18.3 Å². The third kappa shape index (κ3) is 4.23. The van der Waals surface area contributed by atoms with Gasteiger partial charge in [-0.15, -0.1) is 6.42 Å². The van der Waals surface area contributed by atoms with E-state index in [2.05, 4.69) is 74.2 Å². The van der Waals surface area contributed by atoms with E-state index in [1.54, 1.807) is 0 Å². The largest absolute Gasteiger partial charge is 0.305 e. The minimum Gasteiger partial charge on any atom is -0.305 e. The van der Waals surface area contributed by atoms with Gasteiger partial charge in [0.05, 0.1) is 11.6 Å². The van der Waals surface area contributed by atoms with Gasteiger partial charge in [-0.1, -0.05) is 79.8 Å². The molecule has 0 saturated carbocycles. The van der Waals surface area contributed by atoms with Crippen LogP contribution >= 0.6 is 23.2 Å². The molecule has 2 bridgehead atoms. The molecule has 33 heavy (non-hydrogen) atoms. The highest BCUT2D eigenvalue weighted by Crippen LogP contribution is 2.57. The van der Waals surface area contributed by atoms with Crippen LogP contribution < -0.4 is 5.32 Å². The molecule has 5 unspecified atom stereocenters. The standard InChI is InChI=1S/C29H36Cl2N2/c1-6-8-10-22-18-24-23-11-9-12-25(30)27(23)28-26(31)14-13-20(5)29(24,15-16-32-28)33(22)21(7-2)17-19(3)4/h1,8-14,19,21-22,24,28,32H,7,15-18H2,2-5H3/b10-8-,20-13+,26-14+. The third-order valence-electron chi connectivity index (χ3n) is 7.95. The molecule has 1 N–H and O–H groups in total. The Balaban J connectivity index is 2.02. The first-order valence-electron chi connectivity index (χ1n) is 12.3. The summed E-state index contributed by atoms with van der Waals surface area (Å²) in [5, 5.41) is 5.33. The zero-order valence-corrected chi connectivity index (χ0v) is 21.8. The average molecular weight is 484 g/mol. The van der Waals surface area contributed by atoms with Crippen LogP contribution in [0.5, 0.6) is 0 Å². The smallest absolute Gasteiger partial charge is 0.0702 e. The van der Waals surface area contributed by atoms with Gasteiger partial charge < -0.3 is 5.32 Å². The van der Waals surface area contributed by atoms with Crippen molar-refractivity contribution in [2.75, 3.05) is 6.54 Å². The van der Waals surface area contributed by atoms with Gasteiger partial charge in [0, 0.05) is 28.1 Å². The predicted octanol–water partition coefficient (Wildman–Crippen LogP) is 7.37. The maximum absolute atomic E-state index is 6.89. The summed E-state index contributed by atoms with van der Waals surface area (Å²) in [6.07, 6.45) is 18.5. The molecule has 0 amide bonds. The number of nitrogens with one attached hydrogen (secondary N) is 1. The highest BCUT2D eigenvalue weighted by atomic mass is 35.5. The molecule has 3 aliphatic heterocycles. The molecule has 176 valence electrons. The Morgan fingerprint density at radius 1 is 1.30 bits per heavy atom. The molecule has 1 fully saturated rings. The van der Waals surface area contributed by atoms with E-state index >= 15 is 0 Å². The second-order valence-corrected chi connectivity index (χ2v) is 11.0. The number of nitrogens with zero attached hydrogens (tertiary/aromatic N) is 1. The summed E-state index contributed by atoms with van der Waals surface area (Å²) >= 11 is 13.8. The minimum atomic E-state index is -0.130. The predicted molar refractivity (Wildman–Crippen MR) is 142 cm³/mol. The van der Waals surface area contributed by atoms with Gasteiger partial charge >= 0.3 is 0 Å². The molecule has 0 aromatic heterocycles. The van der Waals surface area contributed by atoms with Crippen molar-refractivity contribution < 1.29 is 0 Å². The van der Waals surface area contributed by atoms with Gasteiger partial charge in [-0.25, -0.2) is 0 Å². The molecule has 1 aliphatic carbocycles. The van der Waals surface area contributed by atoms with Gasteiger partial charge in [0.1, 0.15) is 0 Å². The summed E-state index contributed by atoms with van der Waals surface area (Å²) in [6.45, 7) is 10.2. The SMILES string of the molecule is C#C/C=C\C1CC2c3cccc(Cl)c3C3NCCC2(/C(C)=C/C=C\3Cl)N1C(CC)CC(C)C. The zero-order chi connectivity index (χ0) is 23.8. The lowest BCUT2D eigenvalue weighted by atomic mass is 9.70. The lowest BCUT2D eigenvalue weighted by molar-refractivity contribution is 0.0599. The summed E-state index contributed by atoms with van der Waals surface area (Å²) < 4.78 is 0. The van der Waals surface area contributed by atoms with Crippen LogP contribution in [-0.2, 0) is 0 Å². The first kappa shape index (κ1) is 24.6. The fourth-order valence-electron chi connectivity index (χ4n) is 6.70. The Hall–Kier alpha value is -1.50. The third-order valence-corrected chi connectivity index (χ3v) is 8.62. The van der Waals surface area contributed by atoms with Gasteiger partial charge in [0.25, 0.3) is 0 Å². The Labute approximate surface area is 210 Å². The van der Waals surface area contributed by atoms with Crippen LogP contribution in [0.25, 0.3) is 0 Å². The van der Waals surface area contributed by atoms with Gasteiger partial charge in [-0.2, -0.15) is 0 Å². The molecule has 1 aromatic carbocycles. The monoisotopic (exact) mass is 482 g/mol. The van der Waals surface area contributed by atoms with E-state index in [0.29, 0.717) is 17.9 Å². The number of terminal acetylenes is 1. The van der Waals surface area contributed by atoms with Crippen LogP contribution in [0.3, 0.4) is 0 Å². The number of benzene rings is 1. The van der Waals surface area contributed by atoms with Crippen molar-refractivity contribution in [1.29, 1.82) is 0 Å². The molecule has 5 rings (SSSR count). The van der Waals surface area contributed by atoms with Crippen LogP contribution in [-0.4, -0.2) is 29.1 Å². The Morgan fingerprint density at radius 2 is 2.09 bits per heavy atom. The molecule has 1 spiro atoms. The highest BCUT2D eigenvalue weighted by Gasteiger charge is 2.57. The maximum Gasteiger partial charge on any atom is 0.0702 e. The normalized spacial score (nSPS) is 33.7. The van der Waals surface area contributed by atoms with Crippen molar-refractivity contribution in [3.8, 4) is 12.3 Å². The van der Waals surface area contributed by atoms with Crippen LogP contribution in [0.1, 0.15) is 76.5 Å². The van der Waals surface area contributed by atoms with E-state index in [1.807, 2.05) is 12.1 Å². The average Bonchev–Trinajstić information content (AvgIpc) is 3.12. The van der Waals surface area contributed by atoms with Crippen LogP contribution in [0.15, 0.2) is 53.1 Å². The summed E-state index contributed by atoms with van der Waals surface area (Å²) in [6, 6.07) is 7.03. The maximum atomic E-state index is 6.89. The molecule has 0 radical (unpaired) electrons. The van der Waals surface area contributed by atoms with Crippen molar-refractivity contribution in [2.24, 2.45) is 5.92 Å². The highest BCUT2D eigenvalue weighted by molar-refractivity contribution is 6.33. The molecule has 4 heteroatoms. The first-order chi connectivity index (χ1) is 15.8. The van der Waals surface area contributed by atoms with E-state index in [1.165, 1.54) is 11.1 Å². The fourth-order valence-corrected chi connectivity index (χ4v) is 7.24. The molecule has 4 aliphatic rings. The Bertz CT molecular complexity index is 1010. The minimum absolute atomic E-state index is 0.0816. The number of hydrogen-bond donors (Lipinski definition) is 1. The van der Waals surface area contributed by atoms with Crippen molar-refractivity contribution in [3.63, 3.8) is 0 Å². The number of rotatable bonds is 5. The molecular weight excluding hydrogens is 447 g/mol. The van der Waals surface area contributed by atoms with Gasteiger partial charge in [0.15, 0.2) is 0 Å². The summed E-state index contributed by atoms with van der Waals surface area (Å²) in [5.74, 6) is 3.68. The topological polar surface area (TPSA) is 15.3 Å². The van der Waals surface area contributed by atoms with E-state index in [-0.39, 0.29) is 17.6 Å². The summed E-state index contributed by atoms with van der Waals surface area (Å²) in [7, 11) is 0. The molecule has 2 nitrogen and oxygen atoms in total. The van der Waals surface area contributed by atoms with Crippen molar-refractivity contribution in [1.82, 2.24) is 10.2 Å². The van der Waals surface area contributed by atoms with E-state index in [9.17, 15) is 0 Å². The fraction of sp³-hybridized carbons (Fsp3) is 0.517. The lowest BCUT2D eigenvalue weighted by Crippen LogP contribution is -2.57. The second-order valence-electron chi connectivity index (χ2n) is 10.2. The number of allylic oxidation sites excluding steroid dienone is 3.